The third-order valence-corrected chi connectivity index (χ3v) is 2.04. The number of carboxylic acid groups (broad SMARTS) is 2. The molecule has 0 saturated carbocycles. The summed E-state index contributed by atoms with van der Waals surface area (Å²) in [5, 5.41) is 16.8. The Labute approximate surface area is 178 Å². The summed E-state index contributed by atoms with van der Waals surface area (Å²) in [6.07, 6.45) is 0. The first-order chi connectivity index (χ1) is 11.4. The fourth-order valence-corrected chi connectivity index (χ4v) is 1.16. The van der Waals surface area contributed by atoms with Crippen molar-refractivity contribution in [2.24, 2.45) is 0 Å². The quantitative estimate of drug-likeness (QED) is 0.533. The van der Waals surface area contributed by atoms with Gasteiger partial charge in [-0.25, -0.2) is 26.4 Å². The topological polar surface area (TPSA) is 176 Å². The molecule has 0 saturated heterocycles. The minimum absolute atomic E-state index is 0. The minimum atomic E-state index is -1.42. The zero-order valence-corrected chi connectivity index (χ0v) is 17.7. The normalized spacial score (nSPS) is 7.38. The van der Waals surface area contributed by atoms with Gasteiger partial charge in [0, 0.05) is 0 Å². The molecule has 2 aromatic rings. The van der Waals surface area contributed by atoms with E-state index in [1.165, 1.54) is 0 Å². The number of hydrogen-bond acceptors (Lipinski definition) is 6. The van der Waals surface area contributed by atoms with E-state index in [2.05, 4.69) is 0 Å². The summed E-state index contributed by atoms with van der Waals surface area (Å²) < 4.78 is 33.6. The summed E-state index contributed by atoms with van der Waals surface area (Å²) in [6, 6.07) is 16.6. The summed E-state index contributed by atoms with van der Waals surface area (Å²) >= 11 is -2.83. The summed E-state index contributed by atoms with van der Waals surface area (Å²) in [4.78, 5) is 20.4. The van der Waals surface area contributed by atoms with Gasteiger partial charge in [0.15, 0.2) is 0 Å². The van der Waals surface area contributed by atoms with Crippen LogP contribution in [0.25, 0.3) is 6.15 Å². The van der Waals surface area contributed by atoms with Crippen molar-refractivity contribution >= 4 is 35.1 Å². The van der Waals surface area contributed by atoms with Crippen molar-refractivity contribution in [1.29, 1.82) is 0 Å². The Bertz CT molecular complexity index is 627. The van der Waals surface area contributed by atoms with Crippen molar-refractivity contribution in [2.75, 3.05) is 0 Å². The van der Waals surface area contributed by atoms with Crippen LogP contribution < -0.4 is 29.6 Å². The summed E-state index contributed by atoms with van der Waals surface area (Å²) in [5.74, 6) is -1.76. The molecule has 12 heteroatoms. The maximum atomic E-state index is 10.2. The predicted molar refractivity (Wildman–Crippen MR) is 95.5 cm³/mol. The number of rotatable bonds is 2. The van der Waals surface area contributed by atoms with Gasteiger partial charge in [0.05, 0.1) is 11.1 Å². The number of carboxylic acids is 2. The maximum Gasteiger partial charge on any atom is 1.00 e. The Hall–Kier alpha value is -1.76. The van der Waals surface area contributed by atoms with E-state index in [4.69, 9.17) is 27.0 Å². The van der Waals surface area contributed by atoms with Crippen molar-refractivity contribution in [1.82, 2.24) is 0 Å². The molecule has 4 N–H and O–H groups in total. The number of carbonyl (C=O) groups is 2. The molecule has 0 bridgehead atoms. The van der Waals surface area contributed by atoms with E-state index in [1.54, 1.807) is 60.7 Å². The molecule has 0 aromatic heterocycles. The van der Waals surface area contributed by atoms with Crippen LogP contribution in [-0.4, -0.2) is 39.0 Å². The van der Waals surface area contributed by atoms with Gasteiger partial charge in [-0.15, -0.1) is 0 Å². The second kappa shape index (κ2) is 23.2. The third kappa shape index (κ3) is 20.3. The Morgan fingerprint density at radius 2 is 0.808 bits per heavy atom. The standard InChI is InChI=1S/2C7H6O2.H2N.Na.2H2O2S/c2*8-7(9)6-4-2-1-3-5-6;;;2*1-3-2/h2*1-5H,(H,8,9);1H2;;2*3H2/q;;-1;+1;;. The smallest absolute Gasteiger partial charge is 0.693 e. The molecule has 0 aliphatic heterocycles. The number of aromatic carboxylic acids is 2. The van der Waals surface area contributed by atoms with Gasteiger partial charge in [0.25, 0.3) is 0 Å². The summed E-state index contributed by atoms with van der Waals surface area (Å²) in [7, 11) is 0. The number of benzene rings is 2. The number of nitrogens with two attached hydrogens (primary N) is 1. The van der Waals surface area contributed by atoms with Crippen molar-refractivity contribution < 1.29 is 66.2 Å². The molecule has 2 rings (SSSR count). The third-order valence-electron chi connectivity index (χ3n) is 2.04. The molecule has 0 spiro atoms. The largest absolute Gasteiger partial charge is 1.00 e. The molecule has 0 unspecified atom stereocenters. The second-order valence-electron chi connectivity index (χ2n) is 3.51. The molecule has 2 aromatic carbocycles. The molecule has 0 amide bonds. The average molecular weight is 415 g/mol. The van der Waals surface area contributed by atoms with E-state index in [-0.39, 0.29) is 35.7 Å². The van der Waals surface area contributed by atoms with E-state index < -0.39 is 35.1 Å². The van der Waals surface area contributed by atoms with Crippen LogP contribution in [0.2, 0.25) is 0 Å². The molecule has 0 radical (unpaired) electrons. The average Bonchev–Trinajstić information content (AvgIpc) is 2.58. The first kappa shape index (κ1) is 32.0. The van der Waals surface area contributed by atoms with Gasteiger partial charge in [-0.2, -0.15) is 0 Å². The molecule has 0 fully saturated rings. The second-order valence-corrected chi connectivity index (χ2v) is 3.84. The van der Waals surface area contributed by atoms with Gasteiger partial charge in [0.2, 0.25) is 0 Å². The summed E-state index contributed by atoms with van der Waals surface area (Å²) in [5.41, 5.74) is 0.662. The predicted octanol–water partition coefficient (Wildman–Crippen LogP) is -1.92. The van der Waals surface area contributed by atoms with Crippen LogP contribution in [0.5, 0.6) is 0 Å². The van der Waals surface area contributed by atoms with Gasteiger partial charge in [-0.3, -0.25) is 0 Å². The molecule has 0 heterocycles. The van der Waals surface area contributed by atoms with Crippen LogP contribution in [0.15, 0.2) is 60.7 Å². The molecule has 0 aliphatic rings. The molecule has 0 atom stereocenters. The van der Waals surface area contributed by atoms with E-state index >= 15 is 0 Å². The molecule has 0 aliphatic carbocycles. The zero-order valence-electron chi connectivity index (χ0n) is 13.7. The van der Waals surface area contributed by atoms with E-state index in [0.717, 1.165) is 0 Å². The first-order valence-corrected chi connectivity index (χ1v) is 7.63. The maximum absolute atomic E-state index is 10.2. The SMILES string of the molecule is O=C(O)c1ccccc1.O=C(O)c1ccccc1.O=[SH2]=O.O=[SH2]=O.[NH2-].[Na+]. The Morgan fingerprint density at radius 3 is 0.923 bits per heavy atom. The van der Waals surface area contributed by atoms with Crippen LogP contribution in [0.3, 0.4) is 0 Å². The van der Waals surface area contributed by atoms with E-state index in [1.807, 2.05) is 0 Å². The van der Waals surface area contributed by atoms with Gasteiger partial charge >= 0.3 is 41.5 Å². The Balaban J connectivity index is -0.000000136. The van der Waals surface area contributed by atoms with E-state index in [9.17, 15) is 9.59 Å². The van der Waals surface area contributed by atoms with Gasteiger partial charge < -0.3 is 16.4 Å². The molecular weight excluding hydrogens is 397 g/mol. The zero-order chi connectivity index (χ0) is 18.8. The summed E-state index contributed by atoms with van der Waals surface area (Å²) in [6.45, 7) is 0. The fourth-order valence-electron chi connectivity index (χ4n) is 1.16. The fraction of sp³-hybridized carbons (Fsp3) is 0. The van der Waals surface area contributed by atoms with Crippen LogP contribution >= 0.6 is 0 Å². The van der Waals surface area contributed by atoms with Gasteiger partial charge in [-0.1, -0.05) is 36.4 Å². The van der Waals surface area contributed by atoms with Crippen LogP contribution in [0.4, 0.5) is 0 Å². The van der Waals surface area contributed by atoms with Crippen molar-refractivity contribution in [3.05, 3.63) is 77.9 Å². The van der Waals surface area contributed by atoms with Gasteiger partial charge in [-0.05, 0) is 24.3 Å². The molecule has 9 nitrogen and oxygen atoms in total. The molecule has 140 valence electrons. The molecular formula is C14H18NNaO8S2. The first-order valence-electron chi connectivity index (χ1n) is 5.99. The monoisotopic (exact) mass is 415 g/mol. The van der Waals surface area contributed by atoms with E-state index in [0.29, 0.717) is 11.1 Å². The Morgan fingerprint density at radius 1 is 0.615 bits per heavy atom. The Kier molecular flexibility index (Phi) is 28.6. The number of hydrogen-bond donors (Lipinski definition) is 2. The van der Waals surface area contributed by atoms with Gasteiger partial charge in [0.1, 0.15) is 23.1 Å². The van der Waals surface area contributed by atoms with Crippen molar-refractivity contribution in [3.8, 4) is 0 Å². The molecule has 26 heavy (non-hydrogen) atoms. The van der Waals surface area contributed by atoms with Crippen molar-refractivity contribution in [2.45, 2.75) is 0 Å². The van der Waals surface area contributed by atoms with Crippen LogP contribution in [-0.2, 0) is 23.1 Å². The minimum Gasteiger partial charge on any atom is -0.693 e. The van der Waals surface area contributed by atoms with Crippen molar-refractivity contribution in [3.63, 3.8) is 0 Å². The van der Waals surface area contributed by atoms with Crippen LogP contribution in [0, 0.1) is 0 Å². The van der Waals surface area contributed by atoms with Crippen LogP contribution in [0.1, 0.15) is 20.7 Å².